The fourth-order valence-electron chi connectivity index (χ4n) is 2.38. The van der Waals surface area contributed by atoms with Gasteiger partial charge in [-0.15, -0.1) is 0 Å². The summed E-state index contributed by atoms with van der Waals surface area (Å²) in [6, 6.07) is 0.111. The van der Waals surface area contributed by atoms with Crippen molar-refractivity contribution < 1.29 is 13.2 Å². The molecular weight excluding hydrogens is 229 g/mol. The molecule has 0 N–H and O–H groups in total. The van der Waals surface area contributed by atoms with E-state index in [1.165, 1.54) is 6.42 Å². The molecule has 0 aromatic rings. The van der Waals surface area contributed by atoms with Crippen molar-refractivity contribution >= 4 is 0 Å². The van der Waals surface area contributed by atoms with Crippen LogP contribution in [0.15, 0.2) is 0 Å². The van der Waals surface area contributed by atoms with Gasteiger partial charge in [0.25, 0.3) is 0 Å². The monoisotopic (exact) mass is 252 g/mol. The van der Waals surface area contributed by atoms with Crippen molar-refractivity contribution in [3.63, 3.8) is 0 Å². The van der Waals surface area contributed by atoms with Crippen LogP contribution in [-0.4, -0.2) is 48.8 Å². The Morgan fingerprint density at radius 3 is 2.18 bits per heavy atom. The minimum Gasteiger partial charge on any atom is -0.294 e. The number of halogens is 3. The quantitative estimate of drug-likeness (QED) is 0.694. The summed E-state index contributed by atoms with van der Waals surface area (Å²) >= 11 is 0. The number of nitrogens with zero attached hydrogens (tertiary/aromatic N) is 2. The van der Waals surface area contributed by atoms with Crippen LogP contribution in [0.4, 0.5) is 13.2 Å². The van der Waals surface area contributed by atoms with Crippen LogP contribution in [-0.2, 0) is 0 Å². The Labute approximate surface area is 102 Å². The van der Waals surface area contributed by atoms with Gasteiger partial charge in [0, 0.05) is 6.04 Å². The lowest BCUT2D eigenvalue weighted by Crippen LogP contribution is -2.47. The third-order valence-electron chi connectivity index (χ3n) is 3.44. The standard InChI is InChI=1S/C12H23F3N2/c1-3-16(2)10-17(9-12(13,14)15)11-7-5-4-6-8-11/h11H,3-10H2,1-2H3. The van der Waals surface area contributed by atoms with Gasteiger partial charge in [-0.05, 0) is 26.4 Å². The third-order valence-corrected chi connectivity index (χ3v) is 3.44. The second kappa shape index (κ2) is 6.59. The molecule has 0 heterocycles. The van der Waals surface area contributed by atoms with Crippen LogP contribution in [0.2, 0.25) is 0 Å². The number of rotatable bonds is 5. The van der Waals surface area contributed by atoms with Gasteiger partial charge in [-0.3, -0.25) is 9.80 Å². The molecule has 1 aliphatic carbocycles. The summed E-state index contributed by atoms with van der Waals surface area (Å²) in [5, 5.41) is 0. The van der Waals surface area contributed by atoms with Gasteiger partial charge in [0.05, 0.1) is 13.2 Å². The molecule has 0 saturated heterocycles. The van der Waals surface area contributed by atoms with Gasteiger partial charge >= 0.3 is 6.18 Å². The molecule has 0 unspecified atom stereocenters. The van der Waals surface area contributed by atoms with Crippen LogP contribution in [0, 0.1) is 0 Å². The summed E-state index contributed by atoms with van der Waals surface area (Å²) in [4.78, 5) is 3.53. The largest absolute Gasteiger partial charge is 0.401 e. The van der Waals surface area contributed by atoms with Crippen molar-refractivity contribution in [2.45, 2.75) is 51.2 Å². The van der Waals surface area contributed by atoms with Crippen LogP contribution in [0.25, 0.3) is 0 Å². The summed E-state index contributed by atoms with van der Waals surface area (Å²) in [7, 11) is 1.87. The topological polar surface area (TPSA) is 6.48 Å². The second-order valence-corrected chi connectivity index (χ2v) is 4.97. The molecule has 1 saturated carbocycles. The van der Waals surface area contributed by atoms with Gasteiger partial charge in [0.15, 0.2) is 0 Å². The molecule has 102 valence electrons. The summed E-state index contributed by atoms with van der Waals surface area (Å²) in [6.07, 6.45) is 1.02. The third kappa shape index (κ3) is 5.73. The zero-order chi connectivity index (χ0) is 12.9. The van der Waals surface area contributed by atoms with E-state index in [2.05, 4.69) is 0 Å². The van der Waals surface area contributed by atoms with Crippen molar-refractivity contribution in [1.82, 2.24) is 9.80 Å². The van der Waals surface area contributed by atoms with E-state index in [0.29, 0.717) is 6.67 Å². The highest BCUT2D eigenvalue weighted by Crippen LogP contribution is 2.26. The van der Waals surface area contributed by atoms with Crippen molar-refractivity contribution in [1.29, 1.82) is 0 Å². The zero-order valence-electron chi connectivity index (χ0n) is 10.8. The summed E-state index contributed by atoms with van der Waals surface area (Å²) in [6.45, 7) is 2.39. The maximum absolute atomic E-state index is 12.6. The molecule has 0 bridgehead atoms. The van der Waals surface area contributed by atoms with Gasteiger partial charge in [0.2, 0.25) is 0 Å². The van der Waals surface area contributed by atoms with E-state index in [-0.39, 0.29) is 6.04 Å². The van der Waals surface area contributed by atoms with Crippen molar-refractivity contribution in [3.05, 3.63) is 0 Å². The minimum atomic E-state index is -4.09. The van der Waals surface area contributed by atoms with Crippen LogP contribution in [0.3, 0.4) is 0 Å². The normalized spacial score (nSPS) is 19.2. The molecule has 1 fully saturated rings. The van der Waals surface area contributed by atoms with Crippen LogP contribution in [0.5, 0.6) is 0 Å². The molecule has 0 aliphatic heterocycles. The Bertz CT molecular complexity index is 212. The first kappa shape index (κ1) is 14.8. The van der Waals surface area contributed by atoms with E-state index in [4.69, 9.17) is 0 Å². The molecule has 1 rings (SSSR count). The first-order valence-electron chi connectivity index (χ1n) is 6.41. The van der Waals surface area contributed by atoms with E-state index in [1.807, 2.05) is 18.9 Å². The van der Waals surface area contributed by atoms with Gasteiger partial charge in [-0.25, -0.2) is 0 Å². The number of alkyl halides is 3. The molecule has 0 radical (unpaired) electrons. The molecule has 0 spiro atoms. The lowest BCUT2D eigenvalue weighted by molar-refractivity contribution is -0.156. The van der Waals surface area contributed by atoms with Gasteiger partial charge < -0.3 is 0 Å². The summed E-state index contributed by atoms with van der Waals surface area (Å²) in [5.74, 6) is 0. The fraction of sp³-hybridized carbons (Fsp3) is 1.00. The Morgan fingerprint density at radius 2 is 1.71 bits per heavy atom. The molecule has 17 heavy (non-hydrogen) atoms. The maximum atomic E-state index is 12.6. The summed E-state index contributed by atoms with van der Waals surface area (Å²) < 4.78 is 37.7. The molecule has 5 heteroatoms. The summed E-state index contributed by atoms with van der Waals surface area (Å²) in [5.41, 5.74) is 0. The lowest BCUT2D eigenvalue weighted by atomic mass is 9.94. The Morgan fingerprint density at radius 1 is 1.12 bits per heavy atom. The highest BCUT2D eigenvalue weighted by Gasteiger charge is 2.34. The minimum absolute atomic E-state index is 0.111. The molecule has 1 aliphatic rings. The SMILES string of the molecule is CCN(C)CN(CC(F)(F)F)C1CCCCC1. The van der Waals surface area contributed by atoms with Crippen LogP contribution < -0.4 is 0 Å². The first-order valence-corrected chi connectivity index (χ1v) is 6.41. The average molecular weight is 252 g/mol. The van der Waals surface area contributed by atoms with E-state index >= 15 is 0 Å². The second-order valence-electron chi connectivity index (χ2n) is 4.97. The maximum Gasteiger partial charge on any atom is 0.401 e. The Hall–Kier alpha value is -0.290. The molecule has 0 amide bonds. The van der Waals surface area contributed by atoms with Gasteiger partial charge in [0.1, 0.15) is 0 Å². The average Bonchev–Trinajstić information content (AvgIpc) is 2.27. The van der Waals surface area contributed by atoms with E-state index in [1.54, 1.807) is 4.90 Å². The van der Waals surface area contributed by atoms with E-state index in [0.717, 1.165) is 32.2 Å². The predicted octanol–water partition coefficient (Wildman–Crippen LogP) is 3.09. The van der Waals surface area contributed by atoms with E-state index in [9.17, 15) is 13.2 Å². The first-order chi connectivity index (χ1) is 7.92. The zero-order valence-corrected chi connectivity index (χ0v) is 10.8. The van der Waals surface area contributed by atoms with Crippen molar-refractivity contribution in [2.24, 2.45) is 0 Å². The van der Waals surface area contributed by atoms with Crippen LogP contribution in [0.1, 0.15) is 39.0 Å². The molecule has 0 aromatic heterocycles. The highest BCUT2D eigenvalue weighted by molar-refractivity contribution is 4.77. The smallest absolute Gasteiger partial charge is 0.294 e. The Balaban J connectivity index is 2.56. The molecular formula is C12H23F3N2. The lowest BCUT2D eigenvalue weighted by Gasteiger charge is -2.37. The van der Waals surface area contributed by atoms with E-state index < -0.39 is 12.7 Å². The highest BCUT2D eigenvalue weighted by atomic mass is 19.4. The van der Waals surface area contributed by atoms with Gasteiger partial charge in [-0.1, -0.05) is 26.2 Å². The molecule has 2 nitrogen and oxygen atoms in total. The van der Waals surface area contributed by atoms with Crippen molar-refractivity contribution in [3.8, 4) is 0 Å². The number of hydrogen-bond donors (Lipinski definition) is 0. The molecule has 0 aromatic carbocycles. The molecule has 0 atom stereocenters. The Kier molecular flexibility index (Phi) is 5.73. The van der Waals surface area contributed by atoms with Gasteiger partial charge in [-0.2, -0.15) is 13.2 Å². The van der Waals surface area contributed by atoms with Crippen LogP contribution >= 0.6 is 0 Å². The fourth-order valence-corrected chi connectivity index (χ4v) is 2.38. The predicted molar refractivity (Wildman–Crippen MR) is 62.8 cm³/mol. The number of hydrogen-bond acceptors (Lipinski definition) is 2. The van der Waals surface area contributed by atoms with Crippen molar-refractivity contribution in [2.75, 3.05) is 26.8 Å².